The van der Waals surface area contributed by atoms with Gasteiger partial charge in [-0.1, -0.05) is 11.6 Å². The standard InChI is InChI=1S/C15H10ClNO4/c1-20-14-6-9(8-17)2-4-13(14)21-12-5-3-10(15(18)19)7-11(12)16/h2-7H,1H3,(H,18,19). The van der Waals surface area contributed by atoms with Crippen molar-refractivity contribution in [2.45, 2.75) is 0 Å². The third-order valence-electron chi connectivity index (χ3n) is 2.69. The Hall–Kier alpha value is -2.71. The van der Waals surface area contributed by atoms with E-state index in [-0.39, 0.29) is 10.6 Å². The van der Waals surface area contributed by atoms with Crippen molar-refractivity contribution < 1.29 is 19.4 Å². The molecule has 5 nitrogen and oxygen atoms in total. The number of rotatable bonds is 4. The van der Waals surface area contributed by atoms with Gasteiger partial charge < -0.3 is 14.6 Å². The maximum absolute atomic E-state index is 10.8. The zero-order chi connectivity index (χ0) is 15.4. The summed E-state index contributed by atoms with van der Waals surface area (Å²) >= 11 is 6.00. The van der Waals surface area contributed by atoms with E-state index in [2.05, 4.69) is 0 Å². The molecule has 0 atom stereocenters. The summed E-state index contributed by atoms with van der Waals surface area (Å²) in [4.78, 5) is 10.8. The van der Waals surface area contributed by atoms with Gasteiger partial charge in [0.1, 0.15) is 5.75 Å². The second kappa shape index (κ2) is 6.16. The predicted molar refractivity (Wildman–Crippen MR) is 76.2 cm³/mol. The number of benzene rings is 2. The van der Waals surface area contributed by atoms with Crippen molar-refractivity contribution in [3.63, 3.8) is 0 Å². The molecule has 0 spiro atoms. The molecule has 0 aliphatic heterocycles. The second-order valence-electron chi connectivity index (χ2n) is 4.03. The van der Waals surface area contributed by atoms with Crippen molar-refractivity contribution in [2.24, 2.45) is 0 Å². The number of hydrogen-bond donors (Lipinski definition) is 1. The molecule has 0 saturated carbocycles. The number of aromatic carboxylic acids is 1. The van der Waals surface area contributed by atoms with Crippen molar-refractivity contribution in [1.29, 1.82) is 5.26 Å². The molecule has 0 aliphatic rings. The first-order valence-corrected chi connectivity index (χ1v) is 6.21. The lowest BCUT2D eigenvalue weighted by Gasteiger charge is -2.11. The second-order valence-corrected chi connectivity index (χ2v) is 4.44. The maximum Gasteiger partial charge on any atom is 0.335 e. The highest BCUT2D eigenvalue weighted by atomic mass is 35.5. The van der Waals surface area contributed by atoms with Crippen LogP contribution in [-0.4, -0.2) is 18.2 Å². The predicted octanol–water partition coefficient (Wildman–Crippen LogP) is 3.71. The first-order chi connectivity index (χ1) is 10.0. The molecular formula is C15H10ClNO4. The summed E-state index contributed by atoms with van der Waals surface area (Å²) in [5.41, 5.74) is 0.505. The van der Waals surface area contributed by atoms with Gasteiger partial charge in [-0.15, -0.1) is 0 Å². The Labute approximate surface area is 125 Å². The van der Waals surface area contributed by atoms with E-state index >= 15 is 0 Å². The van der Waals surface area contributed by atoms with E-state index in [1.807, 2.05) is 6.07 Å². The minimum atomic E-state index is -1.07. The van der Waals surface area contributed by atoms with E-state index in [1.165, 1.54) is 31.4 Å². The third kappa shape index (κ3) is 3.25. The number of ether oxygens (including phenoxy) is 2. The van der Waals surface area contributed by atoms with E-state index < -0.39 is 5.97 Å². The fourth-order valence-electron chi connectivity index (χ4n) is 1.66. The van der Waals surface area contributed by atoms with Crippen LogP contribution in [0.25, 0.3) is 0 Å². The Morgan fingerprint density at radius 3 is 2.48 bits per heavy atom. The Morgan fingerprint density at radius 1 is 1.19 bits per heavy atom. The third-order valence-corrected chi connectivity index (χ3v) is 2.99. The van der Waals surface area contributed by atoms with Gasteiger partial charge in [-0.05, 0) is 30.3 Å². The molecule has 0 aliphatic carbocycles. The van der Waals surface area contributed by atoms with Crippen molar-refractivity contribution in [3.05, 3.63) is 52.5 Å². The highest BCUT2D eigenvalue weighted by Gasteiger charge is 2.12. The lowest BCUT2D eigenvalue weighted by atomic mass is 10.2. The number of hydrogen-bond acceptors (Lipinski definition) is 4. The first kappa shape index (κ1) is 14.7. The Bertz CT molecular complexity index is 737. The number of carbonyl (C=O) groups is 1. The van der Waals surface area contributed by atoms with Gasteiger partial charge in [0.05, 0.1) is 29.3 Å². The molecule has 21 heavy (non-hydrogen) atoms. The number of nitrogens with zero attached hydrogens (tertiary/aromatic N) is 1. The van der Waals surface area contributed by atoms with Crippen LogP contribution in [0.1, 0.15) is 15.9 Å². The Kier molecular flexibility index (Phi) is 4.31. The molecule has 106 valence electrons. The van der Waals surface area contributed by atoms with E-state index in [4.69, 9.17) is 31.4 Å². The van der Waals surface area contributed by atoms with Crippen LogP contribution in [0.3, 0.4) is 0 Å². The molecule has 0 radical (unpaired) electrons. The molecule has 2 aromatic rings. The zero-order valence-corrected chi connectivity index (χ0v) is 11.7. The van der Waals surface area contributed by atoms with Crippen LogP contribution >= 0.6 is 11.6 Å². The lowest BCUT2D eigenvalue weighted by molar-refractivity contribution is 0.0697. The van der Waals surface area contributed by atoms with E-state index in [9.17, 15) is 4.79 Å². The fourth-order valence-corrected chi connectivity index (χ4v) is 1.88. The van der Waals surface area contributed by atoms with Gasteiger partial charge in [0.25, 0.3) is 0 Å². The molecule has 0 aromatic heterocycles. The van der Waals surface area contributed by atoms with Crippen LogP contribution in [0.2, 0.25) is 5.02 Å². The molecule has 0 unspecified atom stereocenters. The molecule has 0 heterocycles. The molecule has 0 amide bonds. The van der Waals surface area contributed by atoms with Crippen LogP contribution in [0.15, 0.2) is 36.4 Å². The summed E-state index contributed by atoms with van der Waals surface area (Å²) in [5, 5.41) is 17.9. The fraction of sp³-hybridized carbons (Fsp3) is 0.0667. The molecular weight excluding hydrogens is 294 g/mol. The number of carboxylic acids is 1. The van der Waals surface area contributed by atoms with Crippen molar-refractivity contribution in [2.75, 3.05) is 7.11 Å². The topological polar surface area (TPSA) is 79.5 Å². The largest absolute Gasteiger partial charge is 0.493 e. The summed E-state index contributed by atoms with van der Waals surface area (Å²) in [5.74, 6) is -0.0158. The van der Waals surface area contributed by atoms with E-state index in [0.29, 0.717) is 22.8 Å². The minimum Gasteiger partial charge on any atom is -0.493 e. The number of halogens is 1. The average molecular weight is 304 g/mol. The lowest BCUT2D eigenvalue weighted by Crippen LogP contribution is -1.97. The Morgan fingerprint density at radius 2 is 1.90 bits per heavy atom. The molecule has 0 bridgehead atoms. The van der Waals surface area contributed by atoms with Gasteiger partial charge >= 0.3 is 5.97 Å². The molecule has 0 fully saturated rings. The summed E-state index contributed by atoms with van der Waals surface area (Å²) in [6.07, 6.45) is 0. The molecule has 0 saturated heterocycles. The monoisotopic (exact) mass is 303 g/mol. The van der Waals surface area contributed by atoms with Crippen LogP contribution in [0, 0.1) is 11.3 Å². The highest BCUT2D eigenvalue weighted by Crippen LogP contribution is 2.35. The van der Waals surface area contributed by atoms with Gasteiger partial charge in [0, 0.05) is 6.07 Å². The summed E-state index contributed by atoms with van der Waals surface area (Å²) in [6, 6.07) is 10.8. The Balaban J connectivity index is 2.34. The summed E-state index contributed by atoms with van der Waals surface area (Å²) < 4.78 is 10.8. The van der Waals surface area contributed by atoms with Gasteiger partial charge in [-0.25, -0.2) is 4.79 Å². The van der Waals surface area contributed by atoms with Gasteiger partial charge in [0.2, 0.25) is 0 Å². The van der Waals surface area contributed by atoms with Gasteiger partial charge in [-0.2, -0.15) is 5.26 Å². The quantitative estimate of drug-likeness (QED) is 0.931. The van der Waals surface area contributed by atoms with Crippen molar-refractivity contribution in [3.8, 4) is 23.3 Å². The molecule has 6 heteroatoms. The summed E-state index contributed by atoms with van der Waals surface area (Å²) in [7, 11) is 1.46. The van der Waals surface area contributed by atoms with Crippen LogP contribution in [-0.2, 0) is 0 Å². The number of methoxy groups -OCH3 is 1. The highest BCUT2D eigenvalue weighted by molar-refractivity contribution is 6.32. The van der Waals surface area contributed by atoms with Gasteiger partial charge in [-0.3, -0.25) is 0 Å². The van der Waals surface area contributed by atoms with Gasteiger partial charge in [0.15, 0.2) is 11.5 Å². The van der Waals surface area contributed by atoms with Crippen LogP contribution in [0.4, 0.5) is 0 Å². The number of nitriles is 1. The van der Waals surface area contributed by atoms with Crippen LogP contribution in [0.5, 0.6) is 17.2 Å². The van der Waals surface area contributed by atoms with Crippen molar-refractivity contribution in [1.82, 2.24) is 0 Å². The van der Waals surface area contributed by atoms with Crippen LogP contribution < -0.4 is 9.47 Å². The van der Waals surface area contributed by atoms with E-state index in [0.717, 1.165) is 0 Å². The van der Waals surface area contributed by atoms with E-state index in [1.54, 1.807) is 12.1 Å². The maximum atomic E-state index is 10.8. The first-order valence-electron chi connectivity index (χ1n) is 5.84. The molecule has 2 rings (SSSR count). The summed E-state index contributed by atoms with van der Waals surface area (Å²) in [6.45, 7) is 0. The van der Waals surface area contributed by atoms with Crippen molar-refractivity contribution >= 4 is 17.6 Å². The number of carboxylic acid groups (broad SMARTS) is 1. The minimum absolute atomic E-state index is 0.0687. The zero-order valence-electron chi connectivity index (χ0n) is 11.0. The smallest absolute Gasteiger partial charge is 0.335 e. The molecule has 1 N–H and O–H groups in total. The normalized spacial score (nSPS) is 9.76. The average Bonchev–Trinajstić information content (AvgIpc) is 2.49. The molecule has 2 aromatic carbocycles. The SMILES string of the molecule is COc1cc(C#N)ccc1Oc1ccc(C(=O)O)cc1Cl.